The molecule has 0 fully saturated rings. The van der Waals surface area contributed by atoms with E-state index in [1.165, 1.54) is 0 Å². The summed E-state index contributed by atoms with van der Waals surface area (Å²) in [7, 11) is 1.67. The maximum Gasteiger partial charge on any atom is 0.124 e. The summed E-state index contributed by atoms with van der Waals surface area (Å²) in [6.07, 6.45) is 0.927. The Kier molecular flexibility index (Phi) is 4.84. The number of nitrogens with two attached hydrogens (primary N) is 1. The van der Waals surface area contributed by atoms with Crippen LogP contribution in [-0.4, -0.2) is 7.11 Å². The molecule has 0 amide bonds. The lowest BCUT2D eigenvalue weighted by Gasteiger charge is -2.21. The van der Waals surface area contributed by atoms with Gasteiger partial charge in [0.25, 0.3) is 0 Å². The van der Waals surface area contributed by atoms with Crippen molar-refractivity contribution in [2.24, 2.45) is 11.7 Å². The van der Waals surface area contributed by atoms with Crippen LogP contribution in [0.15, 0.2) is 6.07 Å². The monoisotopic (exact) mass is 255 g/mol. The van der Waals surface area contributed by atoms with Crippen molar-refractivity contribution < 1.29 is 4.74 Å². The number of benzene rings is 1. The van der Waals surface area contributed by atoms with E-state index in [9.17, 15) is 0 Å². The second-order valence-electron chi connectivity index (χ2n) is 4.98. The Labute approximate surface area is 109 Å². The van der Waals surface area contributed by atoms with Crippen molar-refractivity contribution in [1.29, 1.82) is 0 Å². The van der Waals surface area contributed by atoms with Gasteiger partial charge < -0.3 is 10.5 Å². The van der Waals surface area contributed by atoms with Crippen LogP contribution in [0.25, 0.3) is 0 Å². The molecule has 0 saturated carbocycles. The third-order valence-electron chi connectivity index (χ3n) is 3.01. The molecule has 1 aromatic rings. The number of hydrogen-bond donors (Lipinski definition) is 1. The van der Waals surface area contributed by atoms with E-state index in [1.807, 2.05) is 19.9 Å². The zero-order chi connectivity index (χ0) is 13.2. The number of rotatable bonds is 4. The Hall–Kier alpha value is -0.730. The minimum atomic E-state index is -0.0250. The summed E-state index contributed by atoms with van der Waals surface area (Å²) in [6.45, 7) is 8.32. The van der Waals surface area contributed by atoms with Crippen molar-refractivity contribution in [2.75, 3.05) is 7.11 Å². The normalized spacial score (nSPS) is 12.9. The van der Waals surface area contributed by atoms with E-state index in [2.05, 4.69) is 13.8 Å². The molecule has 3 heteroatoms. The van der Waals surface area contributed by atoms with E-state index in [0.29, 0.717) is 5.92 Å². The number of halogens is 1. The van der Waals surface area contributed by atoms with Crippen molar-refractivity contribution in [3.8, 4) is 5.75 Å². The van der Waals surface area contributed by atoms with Gasteiger partial charge in [0.2, 0.25) is 0 Å². The lowest BCUT2D eigenvalue weighted by atomic mass is 9.92. The van der Waals surface area contributed by atoms with Crippen molar-refractivity contribution in [2.45, 2.75) is 40.2 Å². The molecule has 0 radical (unpaired) electrons. The number of aryl methyl sites for hydroxylation is 1. The highest BCUT2D eigenvalue weighted by Crippen LogP contribution is 2.36. The van der Waals surface area contributed by atoms with Crippen LogP contribution in [0.4, 0.5) is 0 Å². The van der Waals surface area contributed by atoms with E-state index >= 15 is 0 Å². The maximum absolute atomic E-state index is 6.28. The van der Waals surface area contributed by atoms with Crippen LogP contribution >= 0.6 is 11.6 Å². The molecule has 17 heavy (non-hydrogen) atoms. The van der Waals surface area contributed by atoms with Gasteiger partial charge >= 0.3 is 0 Å². The van der Waals surface area contributed by atoms with Gasteiger partial charge in [0, 0.05) is 16.6 Å². The topological polar surface area (TPSA) is 35.2 Å². The van der Waals surface area contributed by atoms with Gasteiger partial charge in [-0.25, -0.2) is 0 Å². The maximum atomic E-state index is 6.28. The first-order valence-corrected chi connectivity index (χ1v) is 6.35. The minimum absolute atomic E-state index is 0.0250. The standard InChI is InChI=1S/C14H22ClNO/c1-8(2)6-11(16)13-10(4)14(15)9(3)7-12(13)17-5/h7-8,11H,6,16H2,1-5H3. The fourth-order valence-corrected chi connectivity index (χ4v) is 2.35. The Morgan fingerprint density at radius 2 is 1.94 bits per heavy atom. The molecule has 1 unspecified atom stereocenters. The molecule has 0 aliphatic rings. The quantitative estimate of drug-likeness (QED) is 0.882. The molecule has 0 aliphatic carbocycles. The zero-order valence-electron chi connectivity index (χ0n) is 11.3. The Morgan fingerprint density at radius 1 is 1.35 bits per heavy atom. The van der Waals surface area contributed by atoms with Gasteiger partial charge in [-0.3, -0.25) is 0 Å². The molecule has 0 saturated heterocycles. The first kappa shape index (κ1) is 14.3. The third-order valence-corrected chi connectivity index (χ3v) is 3.59. The first-order valence-electron chi connectivity index (χ1n) is 5.97. The first-order chi connectivity index (χ1) is 7.88. The molecule has 1 rings (SSSR count). The lowest BCUT2D eigenvalue weighted by Crippen LogP contribution is -2.16. The average Bonchev–Trinajstić information content (AvgIpc) is 2.23. The summed E-state index contributed by atoms with van der Waals surface area (Å²) >= 11 is 6.28. The zero-order valence-corrected chi connectivity index (χ0v) is 12.1. The second kappa shape index (κ2) is 5.74. The van der Waals surface area contributed by atoms with Gasteiger partial charge in [0.1, 0.15) is 5.75 Å². The van der Waals surface area contributed by atoms with Crippen LogP contribution in [0.3, 0.4) is 0 Å². The Balaban J connectivity index is 3.25. The Morgan fingerprint density at radius 3 is 2.41 bits per heavy atom. The van der Waals surface area contributed by atoms with Gasteiger partial charge in [-0.1, -0.05) is 25.4 Å². The predicted octanol–water partition coefficient (Wildman–Crippen LogP) is 4.01. The van der Waals surface area contributed by atoms with E-state index in [4.69, 9.17) is 22.1 Å². The number of ether oxygens (including phenoxy) is 1. The molecule has 1 atom stereocenters. The van der Waals surface area contributed by atoms with Gasteiger partial charge in [-0.05, 0) is 43.4 Å². The van der Waals surface area contributed by atoms with Crippen LogP contribution in [0.2, 0.25) is 5.02 Å². The largest absolute Gasteiger partial charge is 0.496 e. The number of hydrogen-bond acceptors (Lipinski definition) is 2. The summed E-state index contributed by atoms with van der Waals surface area (Å²) in [5.41, 5.74) is 9.36. The average molecular weight is 256 g/mol. The van der Waals surface area contributed by atoms with E-state index in [-0.39, 0.29) is 6.04 Å². The molecule has 0 spiro atoms. The molecule has 2 N–H and O–H groups in total. The summed E-state index contributed by atoms with van der Waals surface area (Å²) in [4.78, 5) is 0. The number of methoxy groups -OCH3 is 1. The molecular formula is C14H22ClNO. The van der Waals surface area contributed by atoms with Crippen LogP contribution in [0, 0.1) is 19.8 Å². The fourth-order valence-electron chi connectivity index (χ4n) is 2.19. The summed E-state index contributed by atoms with van der Waals surface area (Å²) in [6, 6.07) is 1.94. The van der Waals surface area contributed by atoms with Crippen LogP contribution < -0.4 is 10.5 Å². The van der Waals surface area contributed by atoms with Gasteiger partial charge in [0.05, 0.1) is 7.11 Å². The molecule has 2 nitrogen and oxygen atoms in total. The highest BCUT2D eigenvalue weighted by molar-refractivity contribution is 6.32. The summed E-state index contributed by atoms with van der Waals surface area (Å²) in [5.74, 6) is 1.40. The molecule has 1 aromatic carbocycles. The molecule has 0 aromatic heterocycles. The van der Waals surface area contributed by atoms with Crippen molar-refractivity contribution in [3.05, 3.63) is 27.8 Å². The van der Waals surface area contributed by atoms with Crippen LogP contribution in [0.1, 0.15) is 43.0 Å². The van der Waals surface area contributed by atoms with Crippen molar-refractivity contribution in [1.82, 2.24) is 0 Å². The SMILES string of the molecule is COc1cc(C)c(Cl)c(C)c1C(N)CC(C)C. The minimum Gasteiger partial charge on any atom is -0.496 e. The van der Waals surface area contributed by atoms with Crippen molar-refractivity contribution >= 4 is 11.6 Å². The van der Waals surface area contributed by atoms with Gasteiger partial charge in [-0.15, -0.1) is 0 Å². The third kappa shape index (κ3) is 3.14. The highest BCUT2D eigenvalue weighted by Gasteiger charge is 2.19. The lowest BCUT2D eigenvalue weighted by molar-refractivity contribution is 0.398. The van der Waals surface area contributed by atoms with Crippen LogP contribution in [-0.2, 0) is 0 Å². The molecule has 0 aliphatic heterocycles. The van der Waals surface area contributed by atoms with E-state index in [0.717, 1.165) is 33.9 Å². The molecule has 0 heterocycles. The molecular weight excluding hydrogens is 234 g/mol. The van der Waals surface area contributed by atoms with E-state index < -0.39 is 0 Å². The van der Waals surface area contributed by atoms with Gasteiger partial charge in [0.15, 0.2) is 0 Å². The smallest absolute Gasteiger partial charge is 0.124 e. The highest BCUT2D eigenvalue weighted by atomic mass is 35.5. The Bertz CT molecular complexity index is 402. The fraction of sp³-hybridized carbons (Fsp3) is 0.571. The molecule has 96 valence electrons. The second-order valence-corrected chi connectivity index (χ2v) is 5.36. The van der Waals surface area contributed by atoms with Crippen LogP contribution in [0.5, 0.6) is 5.75 Å². The summed E-state index contributed by atoms with van der Waals surface area (Å²) in [5, 5.41) is 0.792. The molecule has 0 bridgehead atoms. The van der Waals surface area contributed by atoms with Gasteiger partial charge in [-0.2, -0.15) is 0 Å². The van der Waals surface area contributed by atoms with Crippen molar-refractivity contribution in [3.63, 3.8) is 0 Å². The summed E-state index contributed by atoms with van der Waals surface area (Å²) < 4.78 is 5.43. The van der Waals surface area contributed by atoms with E-state index in [1.54, 1.807) is 7.11 Å². The predicted molar refractivity (Wildman–Crippen MR) is 73.9 cm³/mol.